The summed E-state index contributed by atoms with van der Waals surface area (Å²) in [5.74, 6) is -2.27. The standard InChI is InChI=1S/C92H171O25P/c1-6-10-14-18-22-25-28-31-33-36-38-41-44-51-57-63-75(94)108-68-72(111-77(96)65-59-53-45-42-39-35-30-27-24-20-16-12-8-3)69-110-118(106,107)117-90-88(115-91-85(104)81(100)79(98)73(67-93)112-91)84(103)83(102)87(114-78(97)66-60-54-46-43-40-37-34-32-29-26-23-19-15-11-7-2)89(90)116-92-86(105)82(101)80(99)74(113-92)70-109-76(95)64-58-52-48-47-50-56-62-71(5)61-55-49-21-17-13-9-4/h25,28,71-74,79-93,98-105H,6-24,26-27,29-70H2,1-5H3,(H,106,107)/b28-25-. The van der Waals surface area contributed by atoms with Gasteiger partial charge in [0.25, 0.3) is 0 Å². The highest BCUT2D eigenvalue weighted by Gasteiger charge is 2.60. The van der Waals surface area contributed by atoms with Gasteiger partial charge in [-0.15, -0.1) is 0 Å². The number of rotatable bonds is 77. The van der Waals surface area contributed by atoms with Gasteiger partial charge in [-0.3, -0.25) is 28.2 Å². The minimum absolute atomic E-state index is 0.0161. The molecule has 0 aromatic rings. The summed E-state index contributed by atoms with van der Waals surface area (Å²) in [6, 6.07) is 0. The molecule has 19 atom stereocenters. The number of carbonyl (C=O) groups excluding carboxylic acids is 4. The largest absolute Gasteiger partial charge is 0.472 e. The van der Waals surface area contributed by atoms with E-state index in [4.69, 9.17) is 46.9 Å². The fraction of sp³-hybridized carbons (Fsp3) is 0.935. The molecular weight excluding hydrogens is 1540 g/mol. The molecule has 3 fully saturated rings. The Hall–Kier alpha value is -2.79. The van der Waals surface area contributed by atoms with Gasteiger partial charge in [0.1, 0.15) is 92.6 Å². The molecule has 25 nitrogen and oxygen atoms in total. The maximum atomic E-state index is 14.9. The van der Waals surface area contributed by atoms with Crippen LogP contribution in [0.5, 0.6) is 0 Å². The van der Waals surface area contributed by atoms with Gasteiger partial charge in [0, 0.05) is 25.7 Å². The molecule has 118 heavy (non-hydrogen) atoms. The van der Waals surface area contributed by atoms with Crippen molar-refractivity contribution in [2.45, 2.75) is 518 Å². The third kappa shape index (κ3) is 50.4. The Bertz CT molecular complexity index is 2520. The summed E-state index contributed by atoms with van der Waals surface area (Å²) in [7, 11) is -5.81. The van der Waals surface area contributed by atoms with Crippen LogP contribution in [-0.4, -0.2) is 205 Å². The number of carbonyl (C=O) groups is 4. The third-order valence-electron chi connectivity index (χ3n) is 23.7. The molecule has 26 heteroatoms. The molecule has 19 unspecified atom stereocenters. The summed E-state index contributed by atoms with van der Waals surface area (Å²) in [5, 5.41) is 102. The number of hydrogen-bond acceptors (Lipinski definition) is 24. The fourth-order valence-corrected chi connectivity index (χ4v) is 16.9. The SMILES string of the molecule is CCCCCC/C=C\CCCCCCCCCC(=O)OCC(COP(=O)(O)OC1C(OC2OC(CO)C(O)C(O)C2O)C(O)C(O)C(OC(=O)CCCCCCCCCCCCCCCCC)C1OC1OC(COC(=O)CCCCCCCCC(C)CCCCCCCC)C(O)C(O)C1O)OC(=O)CCCCCCCCCCCCCCC. The molecule has 3 aliphatic rings. The zero-order valence-corrected chi connectivity index (χ0v) is 75.0. The van der Waals surface area contributed by atoms with Crippen LogP contribution in [0, 0.1) is 5.92 Å². The van der Waals surface area contributed by atoms with Crippen LogP contribution in [0.15, 0.2) is 12.2 Å². The van der Waals surface area contributed by atoms with E-state index in [0.29, 0.717) is 38.0 Å². The van der Waals surface area contributed by atoms with Gasteiger partial charge >= 0.3 is 31.7 Å². The van der Waals surface area contributed by atoms with E-state index in [-0.39, 0.29) is 25.7 Å². The summed E-state index contributed by atoms with van der Waals surface area (Å²) < 4.78 is 73.5. The number of aliphatic hydroxyl groups is 9. The Kier molecular flexibility index (Phi) is 65.2. The van der Waals surface area contributed by atoms with E-state index in [1.165, 1.54) is 173 Å². The predicted octanol–water partition coefficient (Wildman–Crippen LogP) is 17.8. The van der Waals surface area contributed by atoms with E-state index in [2.05, 4.69) is 46.8 Å². The van der Waals surface area contributed by atoms with Gasteiger partial charge in [0.2, 0.25) is 0 Å². The maximum absolute atomic E-state index is 14.9. The molecule has 2 saturated heterocycles. The number of ether oxygens (including phenoxy) is 8. The van der Waals surface area contributed by atoms with Crippen molar-refractivity contribution in [1.82, 2.24) is 0 Å². The molecule has 1 saturated carbocycles. The summed E-state index contributed by atoms with van der Waals surface area (Å²) >= 11 is 0. The van der Waals surface area contributed by atoms with Crippen LogP contribution in [-0.2, 0) is 70.7 Å². The first-order chi connectivity index (χ1) is 57.1. The van der Waals surface area contributed by atoms with Gasteiger partial charge in [-0.05, 0) is 57.3 Å². The third-order valence-corrected chi connectivity index (χ3v) is 24.7. The molecule has 2 aliphatic heterocycles. The molecule has 3 rings (SSSR count). The van der Waals surface area contributed by atoms with Crippen LogP contribution in [0.4, 0.5) is 0 Å². The molecule has 2 heterocycles. The summed E-state index contributed by atoms with van der Waals surface area (Å²) in [5.41, 5.74) is 0. The molecule has 0 aromatic heterocycles. The van der Waals surface area contributed by atoms with Gasteiger partial charge < -0.3 is 88.7 Å². The number of esters is 4. The number of allylic oxidation sites excluding steroid dienone is 2. The minimum Gasteiger partial charge on any atom is -0.463 e. The Morgan fingerprint density at radius 2 is 0.686 bits per heavy atom. The number of hydrogen-bond donors (Lipinski definition) is 10. The van der Waals surface area contributed by atoms with Crippen LogP contribution in [0.25, 0.3) is 0 Å². The second-order valence-electron chi connectivity index (χ2n) is 34.5. The molecule has 0 amide bonds. The van der Waals surface area contributed by atoms with Crippen LogP contribution in [0.3, 0.4) is 0 Å². The highest BCUT2D eigenvalue weighted by atomic mass is 31.2. The molecule has 0 spiro atoms. The van der Waals surface area contributed by atoms with Crippen LogP contribution >= 0.6 is 7.82 Å². The number of unbranched alkanes of at least 4 members (excludes halogenated alkanes) is 47. The lowest BCUT2D eigenvalue weighted by Gasteiger charge is -2.50. The minimum atomic E-state index is -5.81. The first-order valence-corrected chi connectivity index (χ1v) is 49.3. The van der Waals surface area contributed by atoms with Gasteiger partial charge in [0.15, 0.2) is 24.8 Å². The lowest BCUT2D eigenvalue weighted by Crippen LogP contribution is -2.70. The first-order valence-electron chi connectivity index (χ1n) is 47.8. The van der Waals surface area contributed by atoms with E-state index in [1.54, 1.807) is 0 Å². The van der Waals surface area contributed by atoms with Crippen molar-refractivity contribution >= 4 is 31.7 Å². The van der Waals surface area contributed by atoms with Gasteiger partial charge in [-0.1, -0.05) is 349 Å². The zero-order valence-electron chi connectivity index (χ0n) is 74.1. The zero-order chi connectivity index (χ0) is 86.2. The highest BCUT2D eigenvalue weighted by molar-refractivity contribution is 7.47. The quantitative estimate of drug-likeness (QED) is 0.00889. The van der Waals surface area contributed by atoms with Crippen molar-refractivity contribution < 1.29 is 122 Å². The molecule has 0 aromatic carbocycles. The van der Waals surface area contributed by atoms with E-state index >= 15 is 0 Å². The van der Waals surface area contributed by atoms with Gasteiger partial charge in [-0.25, -0.2) is 4.57 Å². The van der Waals surface area contributed by atoms with Crippen molar-refractivity contribution in [3.8, 4) is 0 Å². The van der Waals surface area contributed by atoms with Crippen molar-refractivity contribution in [2.24, 2.45) is 5.92 Å². The van der Waals surface area contributed by atoms with Crippen LogP contribution in [0.2, 0.25) is 0 Å². The summed E-state index contributed by atoms with van der Waals surface area (Å²) in [4.78, 5) is 66.5. The van der Waals surface area contributed by atoms with E-state index in [0.717, 1.165) is 148 Å². The Morgan fingerprint density at radius 3 is 1.10 bits per heavy atom. The second-order valence-corrected chi connectivity index (χ2v) is 35.9. The van der Waals surface area contributed by atoms with Gasteiger partial charge in [0.05, 0.1) is 13.2 Å². The number of phosphoric ester groups is 1. The lowest BCUT2D eigenvalue weighted by atomic mass is 9.84. The molecule has 10 N–H and O–H groups in total. The Balaban J connectivity index is 1.91. The highest BCUT2D eigenvalue weighted by Crippen LogP contribution is 2.49. The smallest absolute Gasteiger partial charge is 0.463 e. The van der Waals surface area contributed by atoms with Gasteiger partial charge in [-0.2, -0.15) is 0 Å². The van der Waals surface area contributed by atoms with Crippen molar-refractivity contribution in [3.63, 3.8) is 0 Å². The van der Waals surface area contributed by atoms with Crippen molar-refractivity contribution in [2.75, 3.05) is 26.4 Å². The monoisotopic (exact) mass is 1710 g/mol. The summed E-state index contributed by atoms with van der Waals surface area (Å²) in [6.45, 7) is 7.93. The Morgan fingerprint density at radius 1 is 0.356 bits per heavy atom. The average Bonchev–Trinajstić information content (AvgIpc) is 0.754. The molecular formula is C92H171O25P. The fourth-order valence-electron chi connectivity index (χ4n) is 16.0. The second kappa shape index (κ2) is 70.4. The Labute approximate surface area is 712 Å². The predicted molar refractivity (Wildman–Crippen MR) is 458 cm³/mol. The van der Waals surface area contributed by atoms with E-state index in [1.807, 2.05) is 0 Å². The van der Waals surface area contributed by atoms with Crippen molar-refractivity contribution in [1.29, 1.82) is 0 Å². The van der Waals surface area contributed by atoms with Crippen molar-refractivity contribution in [3.05, 3.63) is 12.2 Å². The molecule has 694 valence electrons. The first kappa shape index (κ1) is 109. The normalized spacial score (nSPS) is 25.2. The summed E-state index contributed by atoms with van der Waals surface area (Å²) in [6.07, 6.45) is 27.7. The maximum Gasteiger partial charge on any atom is 0.472 e. The number of phosphoric acid groups is 1. The topological polar surface area (TPSA) is 380 Å². The molecule has 1 aliphatic carbocycles. The van der Waals surface area contributed by atoms with Crippen LogP contribution in [0.1, 0.15) is 413 Å². The van der Waals surface area contributed by atoms with Crippen LogP contribution < -0.4 is 0 Å². The van der Waals surface area contributed by atoms with E-state index < -0.39 is 162 Å². The average molecular weight is 1710 g/mol. The molecule has 0 bridgehead atoms. The number of aliphatic hydroxyl groups excluding tert-OH is 9. The lowest BCUT2D eigenvalue weighted by molar-refractivity contribution is -0.360. The molecule has 0 radical (unpaired) electrons. The van der Waals surface area contributed by atoms with E-state index in [9.17, 15) is 74.6 Å².